The number of aliphatic hydroxyl groups excluding tert-OH is 1. The summed E-state index contributed by atoms with van der Waals surface area (Å²) < 4.78 is 0.0596. The highest BCUT2D eigenvalue weighted by Gasteiger charge is 2.40. The standard InChI is InChI=1S/C6H12OS2/c1-4-5(7)6(2,3)9-8-4/h4-5,7H,1-3H3/t4-,5+/m1/s1. The second-order valence-corrected chi connectivity index (χ2v) is 6.17. The molecule has 0 spiro atoms. The minimum atomic E-state index is -0.146. The van der Waals surface area contributed by atoms with E-state index in [0.717, 1.165) is 0 Å². The molecule has 0 bridgehead atoms. The molecule has 54 valence electrons. The molecule has 0 aromatic carbocycles. The van der Waals surface area contributed by atoms with E-state index in [9.17, 15) is 5.11 Å². The molecule has 1 aliphatic heterocycles. The van der Waals surface area contributed by atoms with Crippen LogP contribution in [0.5, 0.6) is 0 Å². The lowest BCUT2D eigenvalue weighted by Gasteiger charge is -2.20. The summed E-state index contributed by atoms with van der Waals surface area (Å²) in [7, 11) is 3.56. The summed E-state index contributed by atoms with van der Waals surface area (Å²) in [6, 6.07) is 0. The van der Waals surface area contributed by atoms with Crippen LogP contribution in [-0.2, 0) is 0 Å². The summed E-state index contributed by atoms with van der Waals surface area (Å²) in [5.41, 5.74) is 0. The van der Waals surface area contributed by atoms with E-state index in [1.807, 2.05) is 0 Å². The average Bonchev–Trinajstić information content (AvgIpc) is 1.97. The van der Waals surface area contributed by atoms with Crippen molar-refractivity contribution in [2.45, 2.75) is 36.9 Å². The van der Waals surface area contributed by atoms with Crippen molar-refractivity contribution in [3.63, 3.8) is 0 Å². The first kappa shape index (κ1) is 7.76. The molecule has 1 fully saturated rings. The summed E-state index contributed by atoms with van der Waals surface area (Å²) in [5, 5.41) is 9.88. The fourth-order valence-corrected chi connectivity index (χ4v) is 3.91. The van der Waals surface area contributed by atoms with Crippen molar-refractivity contribution in [1.82, 2.24) is 0 Å². The van der Waals surface area contributed by atoms with Gasteiger partial charge in [0.05, 0.1) is 6.10 Å². The molecule has 0 amide bonds. The van der Waals surface area contributed by atoms with Crippen molar-refractivity contribution in [3.05, 3.63) is 0 Å². The van der Waals surface area contributed by atoms with Gasteiger partial charge in [0.2, 0.25) is 0 Å². The third-order valence-corrected chi connectivity index (χ3v) is 5.39. The third kappa shape index (κ3) is 1.38. The fraction of sp³-hybridized carbons (Fsp3) is 1.00. The fourth-order valence-electron chi connectivity index (χ4n) is 0.867. The minimum Gasteiger partial charge on any atom is -0.390 e. The molecule has 1 rings (SSSR count). The summed E-state index contributed by atoms with van der Waals surface area (Å²) in [6.45, 7) is 6.23. The van der Waals surface area contributed by atoms with Gasteiger partial charge in [0, 0.05) is 10.00 Å². The smallest absolute Gasteiger partial charge is 0.0813 e. The van der Waals surface area contributed by atoms with Crippen molar-refractivity contribution in [3.8, 4) is 0 Å². The molecule has 0 saturated carbocycles. The van der Waals surface area contributed by atoms with Gasteiger partial charge in [0.15, 0.2) is 0 Å². The predicted molar refractivity (Wildman–Crippen MR) is 44.7 cm³/mol. The summed E-state index contributed by atoms with van der Waals surface area (Å²) in [5.74, 6) is 0. The first-order chi connectivity index (χ1) is 4.04. The monoisotopic (exact) mass is 164 g/mol. The van der Waals surface area contributed by atoms with Crippen molar-refractivity contribution >= 4 is 21.6 Å². The van der Waals surface area contributed by atoms with Gasteiger partial charge >= 0.3 is 0 Å². The molecule has 1 N–H and O–H groups in total. The quantitative estimate of drug-likeness (QED) is 0.552. The van der Waals surface area contributed by atoms with Crippen LogP contribution in [-0.4, -0.2) is 21.2 Å². The van der Waals surface area contributed by atoms with Crippen LogP contribution in [0.15, 0.2) is 0 Å². The second-order valence-electron chi connectivity index (χ2n) is 2.93. The van der Waals surface area contributed by atoms with Crippen LogP contribution in [0.25, 0.3) is 0 Å². The van der Waals surface area contributed by atoms with E-state index in [-0.39, 0.29) is 10.9 Å². The lowest BCUT2D eigenvalue weighted by molar-refractivity contribution is 0.147. The van der Waals surface area contributed by atoms with Gasteiger partial charge in [-0.2, -0.15) is 0 Å². The molecule has 2 atom stereocenters. The van der Waals surface area contributed by atoms with Crippen molar-refractivity contribution < 1.29 is 5.11 Å². The van der Waals surface area contributed by atoms with E-state index in [0.29, 0.717) is 5.25 Å². The number of aliphatic hydroxyl groups is 1. The van der Waals surface area contributed by atoms with Gasteiger partial charge in [-0.1, -0.05) is 21.6 Å². The maximum absolute atomic E-state index is 9.48. The Labute approximate surface area is 64.0 Å². The zero-order valence-corrected chi connectivity index (χ0v) is 7.55. The van der Waals surface area contributed by atoms with Crippen LogP contribution in [0.3, 0.4) is 0 Å². The molecule has 0 radical (unpaired) electrons. The largest absolute Gasteiger partial charge is 0.390 e. The molecule has 0 aromatic heterocycles. The Bertz CT molecular complexity index is 114. The highest BCUT2D eigenvalue weighted by molar-refractivity contribution is 8.77. The zero-order valence-electron chi connectivity index (χ0n) is 5.92. The zero-order chi connectivity index (χ0) is 7.07. The molecular formula is C6H12OS2. The van der Waals surface area contributed by atoms with Crippen LogP contribution in [0.4, 0.5) is 0 Å². The summed E-state index contributed by atoms with van der Waals surface area (Å²) in [4.78, 5) is 0. The SMILES string of the molecule is C[C@H]1SSC(C)(C)[C@H]1O. The van der Waals surface area contributed by atoms with Gasteiger partial charge in [-0.25, -0.2) is 0 Å². The summed E-state index contributed by atoms with van der Waals surface area (Å²) >= 11 is 0. The van der Waals surface area contributed by atoms with Crippen LogP contribution in [0.1, 0.15) is 20.8 Å². The van der Waals surface area contributed by atoms with Crippen LogP contribution < -0.4 is 0 Å². The van der Waals surface area contributed by atoms with Gasteiger partial charge < -0.3 is 5.11 Å². The van der Waals surface area contributed by atoms with Crippen LogP contribution in [0, 0.1) is 0 Å². The lowest BCUT2D eigenvalue weighted by Crippen LogP contribution is -2.33. The third-order valence-electron chi connectivity index (χ3n) is 1.57. The van der Waals surface area contributed by atoms with E-state index in [1.54, 1.807) is 21.6 Å². The molecule has 0 aliphatic carbocycles. The van der Waals surface area contributed by atoms with Crippen molar-refractivity contribution in [1.29, 1.82) is 0 Å². The Balaban J connectivity index is 2.62. The Kier molecular flexibility index (Phi) is 2.04. The Morgan fingerprint density at radius 1 is 1.44 bits per heavy atom. The molecular weight excluding hydrogens is 152 g/mol. The lowest BCUT2D eigenvalue weighted by atomic mass is 10.0. The van der Waals surface area contributed by atoms with Gasteiger partial charge in [-0.3, -0.25) is 0 Å². The van der Waals surface area contributed by atoms with E-state index in [2.05, 4.69) is 20.8 Å². The molecule has 1 heterocycles. The molecule has 1 aliphatic rings. The van der Waals surface area contributed by atoms with E-state index in [4.69, 9.17) is 0 Å². The first-order valence-electron chi connectivity index (χ1n) is 3.06. The van der Waals surface area contributed by atoms with Gasteiger partial charge in [-0.15, -0.1) is 0 Å². The Morgan fingerprint density at radius 2 is 2.00 bits per heavy atom. The molecule has 9 heavy (non-hydrogen) atoms. The minimum absolute atomic E-state index is 0.0596. The maximum atomic E-state index is 9.48. The molecule has 1 nitrogen and oxygen atoms in total. The molecule has 0 unspecified atom stereocenters. The van der Waals surface area contributed by atoms with Crippen LogP contribution in [0.2, 0.25) is 0 Å². The van der Waals surface area contributed by atoms with Gasteiger partial charge in [0.25, 0.3) is 0 Å². The number of rotatable bonds is 0. The maximum Gasteiger partial charge on any atom is 0.0813 e. The average molecular weight is 164 g/mol. The molecule has 0 aromatic rings. The van der Waals surface area contributed by atoms with Crippen molar-refractivity contribution in [2.24, 2.45) is 0 Å². The highest BCUT2D eigenvalue weighted by atomic mass is 33.1. The Hall–Kier alpha value is 0.660. The van der Waals surface area contributed by atoms with E-state index < -0.39 is 0 Å². The number of hydrogen-bond donors (Lipinski definition) is 1. The first-order valence-corrected chi connectivity index (χ1v) is 5.28. The van der Waals surface area contributed by atoms with Crippen molar-refractivity contribution in [2.75, 3.05) is 0 Å². The van der Waals surface area contributed by atoms with Gasteiger partial charge in [-0.05, 0) is 20.8 Å². The topological polar surface area (TPSA) is 20.2 Å². The Morgan fingerprint density at radius 3 is 2.11 bits per heavy atom. The van der Waals surface area contributed by atoms with E-state index >= 15 is 0 Å². The summed E-state index contributed by atoms with van der Waals surface area (Å²) in [6.07, 6.45) is -0.146. The van der Waals surface area contributed by atoms with Gasteiger partial charge in [0.1, 0.15) is 0 Å². The molecule has 3 heteroatoms. The highest BCUT2D eigenvalue weighted by Crippen LogP contribution is 2.50. The normalized spacial score (nSPS) is 41.3. The molecule has 1 saturated heterocycles. The second kappa shape index (κ2) is 2.36. The van der Waals surface area contributed by atoms with E-state index in [1.165, 1.54) is 0 Å². The predicted octanol–water partition coefficient (Wildman–Crippen LogP) is 1.91. The van der Waals surface area contributed by atoms with Crippen LogP contribution >= 0.6 is 21.6 Å². The number of hydrogen-bond acceptors (Lipinski definition) is 3.